The van der Waals surface area contributed by atoms with Crippen LogP contribution < -0.4 is 0 Å². The third-order valence-corrected chi connectivity index (χ3v) is 11.4. The van der Waals surface area contributed by atoms with Gasteiger partial charge in [-0.05, 0) is 135 Å². The Morgan fingerprint density at radius 2 is 1.24 bits per heavy atom. The third kappa shape index (κ3) is 4.99. The summed E-state index contributed by atoms with van der Waals surface area (Å²) in [6.45, 7) is 9.32. The topological polar surface area (TPSA) is 13.1 Å². The largest absolute Gasteiger partial charge is 0.456 e. The van der Waals surface area contributed by atoms with Gasteiger partial charge < -0.3 is 4.42 Å². The number of hydrogen-bond acceptors (Lipinski definition) is 1. The lowest BCUT2D eigenvalue weighted by Gasteiger charge is -2.22. The zero-order chi connectivity index (χ0) is 34.0. The first-order valence-corrected chi connectivity index (χ1v) is 18.1. The van der Waals surface area contributed by atoms with E-state index in [1.54, 1.807) is 0 Å². The molecule has 0 amide bonds. The molecule has 2 aliphatic carbocycles. The molecule has 0 radical (unpaired) electrons. The van der Waals surface area contributed by atoms with Crippen molar-refractivity contribution in [3.05, 3.63) is 167 Å². The van der Waals surface area contributed by atoms with Crippen LogP contribution in [0.2, 0.25) is 0 Å². The Morgan fingerprint density at radius 1 is 0.640 bits per heavy atom. The molecule has 1 heteroatoms. The maximum Gasteiger partial charge on any atom is 0.136 e. The van der Waals surface area contributed by atoms with Crippen LogP contribution in [0.5, 0.6) is 0 Å². The fourth-order valence-corrected chi connectivity index (χ4v) is 8.65. The Labute approximate surface area is 294 Å². The molecule has 0 bridgehead atoms. The average molecular weight is 647 g/mol. The molecule has 50 heavy (non-hydrogen) atoms. The number of para-hydroxylation sites is 1. The van der Waals surface area contributed by atoms with Crippen LogP contribution >= 0.6 is 0 Å². The van der Waals surface area contributed by atoms with E-state index in [1.807, 2.05) is 6.07 Å². The van der Waals surface area contributed by atoms with Crippen molar-refractivity contribution in [3.8, 4) is 0 Å². The summed E-state index contributed by atoms with van der Waals surface area (Å²) in [5, 5.41) is 10.1. The van der Waals surface area contributed by atoms with Crippen LogP contribution in [0, 0.1) is 0 Å². The number of rotatable bonds is 4. The molecule has 0 aliphatic heterocycles. The van der Waals surface area contributed by atoms with Crippen molar-refractivity contribution in [1.29, 1.82) is 0 Å². The Bertz CT molecular complexity index is 2620. The van der Waals surface area contributed by atoms with Gasteiger partial charge in [-0.3, -0.25) is 0 Å². The molecule has 0 fully saturated rings. The van der Waals surface area contributed by atoms with E-state index in [0.29, 0.717) is 0 Å². The molecule has 244 valence electrons. The monoisotopic (exact) mass is 646 g/mol. The summed E-state index contributed by atoms with van der Waals surface area (Å²) < 4.78 is 6.25. The van der Waals surface area contributed by atoms with Crippen molar-refractivity contribution in [2.45, 2.75) is 58.8 Å². The van der Waals surface area contributed by atoms with Gasteiger partial charge in [0.1, 0.15) is 11.2 Å². The predicted octanol–water partition coefficient (Wildman–Crippen LogP) is 14.0. The fraction of sp³-hybridized carbons (Fsp3) is 0.184. The standard InChI is InChI=1S/C49H42O/c1-31(22-24-33-14-6-5-7-15-33)47-39-17-8-10-19-41(39)48(42-20-11-9-18-40(42)47)32(2)23-25-37-27-36-26-34-28-43-38-16-12-13-21-45(38)50-46(43)30-35(34)29-44(36)49(37,3)4/h6,8-14,16-26,28-30H,5,7,15,27H2,1-4H3/b31-22+,32-23+,33-24-,37-25+. The van der Waals surface area contributed by atoms with Crippen molar-refractivity contribution < 1.29 is 4.42 Å². The van der Waals surface area contributed by atoms with Gasteiger partial charge >= 0.3 is 0 Å². The van der Waals surface area contributed by atoms with Crippen LogP contribution in [0.4, 0.5) is 0 Å². The van der Waals surface area contributed by atoms with E-state index in [0.717, 1.165) is 24.0 Å². The number of benzene rings is 6. The summed E-state index contributed by atoms with van der Waals surface area (Å²) >= 11 is 0. The van der Waals surface area contributed by atoms with Crippen LogP contribution in [-0.4, -0.2) is 0 Å². The zero-order valence-electron chi connectivity index (χ0n) is 29.4. The Hall–Kier alpha value is -5.40. The lowest BCUT2D eigenvalue weighted by Crippen LogP contribution is -2.15. The van der Waals surface area contributed by atoms with E-state index < -0.39 is 0 Å². The van der Waals surface area contributed by atoms with Gasteiger partial charge in [0.2, 0.25) is 0 Å². The Kier molecular flexibility index (Phi) is 7.28. The van der Waals surface area contributed by atoms with Crippen molar-refractivity contribution in [1.82, 2.24) is 0 Å². The molecule has 0 saturated carbocycles. The first-order valence-electron chi connectivity index (χ1n) is 18.1. The van der Waals surface area contributed by atoms with E-state index in [9.17, 15) is 0 Å². The highest BCUT2D eigenvalue weighted by Crippen LogP contribution is 2.46. The number of allylic oxidation sites excluding steroid dienone is 10. The van der Waals surface area contributed by atoms with Gasteiger partial charge in [-0.15, -0.1) is 0 Å². The second-order valence-corrected chi connectivity index (χ2v) is 14.9. The zero-order valence-corrected chi connectivity index (χ0v) is 29.4. The molecule has 0 N–H and O–H groups in total. The van der Waals surface area contributed by atoms with Gasteiger partial charge in [-0.1, -0.05) is 129 Å². The van der Waals surface area contributed by atoms with E-state index in [2.05, 4.69) is 155 Å². The SMILES string of the molecule is C/C(=C\C=C1\C=CCCC1)c1c2ccccc2c(/C(C)=C/C=C2\Cc3cc4cc5c(cc4cc3C2(C)C)oc2ccccc25)c2ccccc12. The molecular formula is C49H42O. The highest BCUT2D eigenvalue weighted by atomic mass is 16.3. The molecule has 2 aliphatic rings. The van der Waals surface area contributed by atoms with E-state index in [1.165, 1.54) is 100 Å². The molecular weight excluding hydrogens is 605 g/mol. The number of furan rings is 1. The molecule has 6 aromatic carbocycles. The van der Waals surface area contributed by atoms with Crippen molar-refractivity contribution >= 4 is 65.4 Å². The molecule has 1 aromatic heterocycles. The first kappa shape index (κ1) is 30.6. The molecule has 0 spiro atoms. The maximum atomic E-state index is 6.25. The summed E-state index contributed by atoms with van der Waals surface area (Å²) in [5.41, 5.74) is 12.8. The minimum absolute atomic E-state index is 0.0684. The van der Waals surface area contributed by atoms with Crippen molar-refractivity contribution in [3.63, 3.8) is 0 Å². The van der Waals surface area contributed by atoms with E-state index in [-0.39, 0.29) is 5.41 Å². The third-order valence-electron chi connectivity index (χ3n) is 11.4. The van der Waals surface area contributed by atoms with Gasteiger partial charge in [0, 0.05) is 16.2 Å². The van der Waals surface area contributed by atoms with Gasteiger partial charge in [0.25, 0.3) is 0 Å². The van der Waals surface area contributed by atoms with Crippen molar-refractivity contribution in [2.24, 2.45) is 0 Å². The normalized spacial score (nSPS) is 18.1. The summed E-state index contributed by atoms with van der Waals surface area (Å²) in [6, 6.07) is 35.7. The van der Waals surface area contributed by atoms with E-state index >= 15 is 0 Å². The lowest BCUT2D eigenvalue weighted by atomic mass is 9.81. The van der Waals surface area contributed by atoms with E-state index in [4.69, 9.17) is 4.42 Å². The van der Waals surface area contributed by atoms with Crippen LogP contribution in [0.1, 0.15) is 69.2 Å². The molecule has 1 nitrogen and oxygen atoms in total. The minimum atomic E-state index is -0.0684. The lowest BCUT2D eigenvalue weighted by molar-refractivity contribution is 0.645. The summed E-state index contributed by atoms with van der Waals surface area (Å²) in [5.74, 6) is 0. The van der Waals surface area contributed by atoms with Crippen LogP contribution in [-0.2, 0) is 11.8 Å². The van der Waals surface area contributed by atoms with Gasteiger partial charge in [-0.2, -0.15) is 0 Å². The summed E-state index contributed by atoms with van der Waals surface area (Å²) in [4.78, 5) is 0. The molecule has 0 unspecified atom stereocenters. The Balaban J connectivity index is 1.13. The molecule has 0 atom stereocenters. The number of hydrogen-bond donors (Lipinski definition) is 0. The van der Waals surface area contributed by atoms with Crippen molar-refractivity contribution in [2.75, 3.05) is 0 Å². The van der Waals surface area contributed by atoms with Gasteiger partial charge in [0.15, 0.2) is 0 Å². The average Bonchev–Trinajstić information content (AvgIpc) is 3.62. The molecule has 1 heterocycles. The van der Waals surface area contributed by atoms with Crippen LogP contribution in [0.15, 0.2) is 149 Å². The summed E-state index contributed by atoms with van der Waals surface area (Å²) in [6.07, 6.45) is 18.6. The molecule has 7 aromatic rings. The first-order chi connectivity index (χ1) is 24.4. The highest BCUT2D eigenvalue weighted by Gasteiger charge is 2.34. The minimum Gasteiger partial charge on any atom is -0.456 e. The smallest absolute Gasteiger partial charge is 0.136 e. The summed E-state index contributed by atoms with van der Waals surface area (Å²) in [7, 11) is 0. The second-order valence-electron chi connectivity index (χ2n) is 14.9. The maximum absolute atomic E-state index is 6.25. The van der Waals surface area contributed by atoms with Crippen LogP contribution in [0.3, 0.4) is 0 Å². The van der Waals surface area contributed by atoms with Gasteiger partial charge in [0.05, 0.1) is 0 Å². The quantitative estimate of drug-likeness (QED) is 0.173. The van der Waals surface area contributed by atoms with Gasteiger partial charge in [-0.25, -0.2) is 0 Å². The molecule has 9 rings (SSSR count). The highest BCUT2D eigenvalue weighted by molar-refractivity contribution is 6.16. The van der Waals surface area contributed by atoms with Crippen LogP contribution in [0.25, 0.3) is 65.4 Å². The second kappa shape index (κ2) is 11.9. The molecule has 0 saturated heterocycles. The predicted molar refractivity (Wildman–Crippen MR) is 216 cm³/mol. The fourth-order valence-electron chi connectivity index (χ4n) is 8.65. The number of fused-ring (bicyclic) bond motifs is 7. The Morgan fingerprint density at radius 3 is 1.88 bits per heavy atom.